The molecule has 0 saturated heterocycles. The maximum Gasteiger partial charge on any atom is 0.0963 e. The van der Waals surface area contributed by atoms with Gasteiger partial charge in [0.25, 0.3) is 0 Å². The fraction of sp³-hybridized carbons (Fsp3) is 0.111. The van der Waals surface area contributed by atoms with E-state index in [9.17, 15) is 0 Å². The lowest BCUT2D eigenvalue weighted by Gasteiger charge is -2.07. The van der Waals surface area contributed by atoms with Gasteiger partial charge < -0.3 is 4.57 Å². The fourth-order valence-electron chi connectivity index (χ4n) is 2.86. The molecule has 2 heterocycles. The molecule has 4 heteroatoms. The molecule has 2 aromatic carbocycles. The lowest BCUT2D eigenvalue weighted by Crippen LogP contribution is -1.92. The number of nitrogens with one attached hydrogen (secondary N) is 1. The molecule has 0 radical (unpaired) electrons. The van der Waals surface area contributed by atoms with Crippen LogP contribution < -0.4 is 0 Å². The van der Waals surface area contributed by atoms with Crippen LogP contribution in [0.4, 0.5) is 0 Å². The summed E-state index contributed by atoms with van der Waals surface area (Å²) in [6.07, 6.45) is 3.72. The molecule has 1 N–H and O–H groups in total. The van der Waals surface area contributed by atoms with Gasteiger partial charge >= 0.3 is 0 Å². The van der Waals surface area contributed by atoms with Crippen molar-refractivity contribution in [1.82, 2.24) is 19.7 Å². The second-order valence-electron chi connectivity index (χ2n) is 5.59. The average Bonchev–Trinajstić information content (AvgIpc) is 3.12. The predicted octanol–water partition coefficient (Wildman–Crippen LogP) is 3.94. The number of benzene rings is 2. The van der Waals surface area contributed by atoms with Crippen molar-refractivity contribution in [2.24, 2.45) is 7.05 Å². The lowest BCUT2D eigenvalue weighted by molar-refractivity contribution is 0.922. The molecule has 108 valence electrons. The summed E-state index contributed by atoms with van der Waals surface area (Å²) in [5, 5.41) is 8.18. The van der Waals surface area contributed by atoms with Gasteiger partial charge in [0.2, 0.25) is 0 Å². The number of hydrogen-bond acceptors (Lipinski definition) is 2. The van der Waals surface area contributed by atoms with Gasteiger partial charge in [-0.05, 0) is 25.1 Å². The van der Waals surface area contributed by atoms with Gasteiger partial charge in [-0.1, -0.05) is 29.8 Å². The number of aromatic nitrogens is 4. The van der Waals surface area contributed by atoms with Gasteiger partial charge in [0.1, 0.15) is 0 Å². The zero-order valence-electron chi connectivity index (χ0n) is 12.5. The molecular formula is C18H16N4. The molecule has 0 aliphatic heterocycles. The number of fused-ring (bicyclic) bond motifs is 1. The van der Waals surface area contributed by atoms with E-state index in [-0.39, 0.29) is 0 Å². The monoisotopic (exact) mass is 288 g/mol. The molecule has 0 atom stereocenters. The predicted molar refractivity (Wildman–Crippen MR) is 88.5 cm³/mol. The summed E-state index contributed by atoms with van der Waals surface area (Å²) in [4.78, 5) is 4.61. The highest BCUT2D eigenvalue weighted by Crippen LogP contribution is 2.32. The molecule has 0 bridgehead atoms. The van der Waals surface area contributed by atoms with E-state index in [2.05, 4.69) is 69.1 Å². The molecule has 0 amide bonds. The van der Waals surface area contributed by atoms with Gasteiger partial charge in [0, 0.05) is 23.6 Å². The molecule has 0 fully saturated rings. The number of aryl methyl sites for hydroxylation is 2. The van der Waals surface area contributed by atoms with E-state index >= 15 is 0 Å². The van der Waals surface area contributed by atoms with Crippen molar-refractivity contribution in [3.63, 3.8) is 0 Å². The van der Waals surface area contributed by atoms with Gasteiger partial charge in [0.05, 0.1) is 29.4 Å². The minimum Gasteiger partial charge on any atom is -0.333 e. The summed E-state index contributed by atoms with van der Waals surface area (Å²) in [6, 6.07) is 14.8. The molecular weight excluding hydrogens is 272 g/mol. The number of aromatic amines is 1. The second-order valence-corrected chi connectivity index (χ2v) is 5.59. The van der Waals surface area contributed by atoms with Crippen molar-refractivity contribution in [3.8, 4) is 22.5 Å². The van der Waals surface area contributed by atoms with Crippen LogP contribution >= 0.6 is 0 Å². The maximum atomic E-state index is 4.61. The average molecular weight is 288 g/mol. The standard InChI is InChI=1S/C18H16N4/c1-12-4-3-5-13(8-12)17-18(22(2)11-19-17)14-6-7-16-15(9-14)10-20-21-16/h3-11H,1-2H3,(H,20,21). The van der Waals surface area contributed by atoms with Crippen LogP contribution in [0.25, 0.3) is 33.4 Å². The number of nitrogens with zero attached hydrogens (tertiary/aromatic N) is 3. The Morgan fingerprint density at radius 1 is 1.05 bits per heavy atom. The van der Waals surface area contributed by atoms with Crippen LogP contribution in [0.2, 0.25) is 0 Å². The fourth-order valence-corrected chi connectivity index (χ4v) is 2.86. The summed E-state index contributed by atoms with van der Waals surface area (Å²) in [6.45, 7) is 2.10. The highest BCUT2D eigenvalue weighted by molar-refractivity contribution is 5.87. The molecule has 0 aliphatic carbocycles. The summed E-state index contributed by atoms with van der Waals surface area (Å²) >= 11 is 0. The quantitative estimate of drug-likeness (QED) is 0.607. The first-order valence-electron chi connectivity index (χ1n) is 7.24. The summed E-state index contributed by atoms with van der Waals surface area (Å²) < 4.78 is 2.07. The third-order valence-electron chi connectivity index (χ3n) is 3.94. The second kappa shape index (κ2) is 4.84. The van der Waals surface area contributed by atoms with Crippen LogP contribution in [0, 0.1) is 6.92 Å². The Balaban J connectivity index is 1.93. The summed E-state index contributed by atoms with van der Waals surface area (Å²) in [5.74, 6) is 0. The van der Waals surface area contributed by atoms with E-state index in [1.807, 2.05) is 19.6 Å². The van der Waals surface area contributed by atoms with Crippen molar-refractivity contribution in [2.75, 3.05) is 0 Å². The number of H-pyrrole nitrogens is 1. The van der Waals surface area contributed by atoms with Gasteiger partial charge in [0.15, 0.2) is 0 Å². The first-order valence-corrected chi connectivity index (χ1v) is 7.24. The van der Waals surface area contributed by atoms with Crippen molar-refractivity contribution in [2.45, 2.75) is 6.92 Å². The van der Waals surface area contributed by atoms with E-state index in [4.69, 9.17) is 0 Å². The lowest BCUT2D eigenvalue weighted by atomic mass is 10.0. The Morgan fingerprint density at radius 3 is 2.82 bits per heavy atom. The van der Waals surface area contributed by atoms with E-state index in [0.29, 0.717) is 0 Å². The topological polar surface area (TPSA) is 46.5 Å². The minimum atomic E-state index is 1.01. The Labute approximate surface area is 128 Å². The van der Waals surface area contributed by atoms with Crippen LogP contribution in [-0.4, -0.2) is 19.7 Å². The van der Waals surface area contributed by atoms with Crippen molar-refractivity contribution in [3.05, 3.63) is 60.6 Å². The number of imidazole rings is 1. The summed E-state index contributed by atoms with van der Waals surface area (Å²) in [5.41, 5.74) is 6.69. The van der Waals surface area contributed by atoms with Crippen molar-refractivity contribution in [1.29, 1.82) is 0 Å². The first kappa shape index (κ1) is 12.8. The smallest absolute Gasteiger partial charge is 0.0963 e. The first-order chi connectivity index (χ1) is 10.7. The van der Waals surface area contributed by atoms with Crippen molar-refractivity contribution >= 4 is 10.9 Å². The highest BCUT2D eigenvalue weighted by Gasteiger charge is 2.14. The molecule has 22 heavy (non-hydrogen) atoms. The zero-order valence-corrected chi connectivity index (χ0v) is 12.5. The SMILES string of the molecule is Cc1cccc(-c2ncn(C)c2-c2ccc3[nH]ncc3c2)c1. The Hall–Kier alpha value is -2.88. The molecule has 4 rings (SSSR count). The van der Waals surface area contributed by atoms with Crippen LogP contribution in [0.3, 0.4) is 0 Å². The Morgan fingerprint density at radius 2 is 1.95 bits per heavy atom. The molecule has 4 aromatic rings. The summed E-state index contributed by atoms with van der Waals surface area (Å²) in [7, 11) is 2.03. The van der Waals surface area contributed by atoms with Crippen LogP contribution in [0.15, 0.2) is 55.0 Å². The molecule has 0 saturated carbocycles. The maximum absolute atomic E-state index is 4.61. The number of hydrogen-bond donors (Lipinski definition) is 1. The van der Waals surface area contributed by atoms with Crippen LogP contribution in [0.1, 0.15) is 5.56 Å². The highest BCUT2D eigenvalue weighted by atomic mass is 15.1. The molecule has 0 unspecified atom stereocenters. The van der Waals surface area contributed by atoms with E-state index in [0.717, 1.165) is 33.4 Å². The number of rotatable bonds is 2. The third-order valence-corrected chi connectivity index (χ3v) is 3.94. The largest absolute Gasteiger partial charge is 0.333 e. The van der Waals surface area contributed by atoms with Gasteiger partial charge in [-0.25, -0.2) is 4.98 Å². The van der Waals surface area contributed by atoms with E-state index in [1.54, 1.807) is 0 Å². The Bertz CT molecular complexity index is 962. The van der Waals surface area contributed by atoms with E-state index < -0.39 is 0 Å². The zero-order chi connectivity index (χ0) is 15.1. The molecule has 4 nitrogen and oxygen atoms in total. The van der Waals surface area contributed by atoms with Crippen LogP contribution in [-0.2, 0) is 7.05 Å². The van der Waals surface area contributed by atoms with Crippen molar-refractivity contribution < 1.29 is 0 Å². The minimum absolute atomic E-state index is 1.01. The molecule has 2 aromatic heterocycles. The normalized spacial score (nSPS) is 11.2. The van der Waals surface area contributed by atoms with Gasteiger partial charge in [-0.3, -0.25) is 5.10 Å². The third kappa shape index (κ3) is 2.00. The van der Waals surface area contributed by atoms with E-state index in [1.165, 1.54) is 5.56 Å². The molecule has 0 spiro atoms. The van der Waals surface area contributed by atoms with Gasteiger partial charge in [-0.15, -0.1) is 0 Å². The van der Waals surface area contributed by atoms with Gasteiger partial charge in [-0.2, -0.15) is 5.10 Å². The molecule has 0 aliphatic rings. The Kier molecular flexibility index (Phi) is 2.82. The van der Waals surface area contributed by atoms with Crippen LogP contribution in [0.5, 0.6) is 0 Å².